The number of halogens is 2. The molecule has 1 rings (SSSR count). The summed E-state index contributed by atoms with van der Waals surface area (Å²) in [7, 11) is 2.44. The molecule has 0 aliphatic heterocycles. The van der Waals surface area contributed by atoms with E-state index in [1.807, 2.05) is 0 Å². The molecule has 0 bridgehead atoms. The average Bonchev–Trinajstić information content (AvgIpc) is 2.62. The normalized spacial score (nSPS) is 16.3. The number of hydrogen-bond acceptors (Lipinski definition) is 5. The van der Waals surface area contributed by atoms with E-state index in [1.54, 1.807) is 27.7 Å². The van der Waals surface area contributed by atoms with Crippen LogP contribution in [0.5, 0.6) is 5.75 Å². The second kappa shape index (κ2) is 9.45. The van der Waals surface area contributed by atoms with Crippen LogP contribution in [-0.2, 0) is 25.3 Å². The molecular formula is C18H27BrFNO5S. The summed E-state index contributed by atoms with van der Waals surface area (Å²) >= 11 is 3.12. The van der Waals surface area contributed by atoms with Crippen LogP contribution in [0.3, 0.4) is 0 Å². The van der Waals surface area contributed by atoms with Crippen molar-refractivity contribution < 1.29 is 27.6 Å². The van der Waals surface area contributed by atoms with Crippen molar-refractivity contribution >= 4 is 32.9 Å². The van der Waals surface area contributed by atoms with Crippen molar-refractivity contribution in [1.82, 2.24) is 4.72 Å². The minimum absolute atomic E-state index is 0.190. The molecule has 9 heteroatoms. The lowest BCUT2D eigenvalue weighted by atomic mass is 9.86. The number of methoxy groups -OCH3 is 3. The van der Waals surface area contributed by atoms with Crippen LogP contribution in [0.25, 0.3) is 0 Å². The SMILES string of the molecule is CCC(OC)(C(=O)OC)[C@@H](N[S@@](=O)C(C)(C)C)c1cc(F)c(Br)cc1OC. The smallest absolute Gasteiger partial charge is 0.340 e. The minimum Gasteiger partial charge on any atom is -0.496 e. The van der Waals surface area contributed by atoms with Gasteiger partial charge in [-0.15, -0.1) is 0 Å². The predicted molar refractivity (Wildman–Crippen MR) is 106 cm³/mol. The van der Waals surface area contributed by atoms with Gasteiger partial charge in [0.25, 0.3) is 0 Å². The van der Waals surface area contributed by atoms with Gasteiger partial charge in [-0.25, -0.2) is 18.1 Å². The summed E-state index contributed by atoms with van der Waals surface area (Å²) in [5.41, 5.74) is -1.24. The molecule has 1 N–H and O–H groups in total. The zero-order valence-corrected chi connectivity index (χ0v) is 19.0. The van der Waals surface area contributed by atoms with Gasteiger partial charge in [-0.2, -0.15) is 0 Å². The van der Waals surface area contributed by atoms with E-state index in [4.69, 9.17) is 14.2 Å². The van der Waals surface area contributed by atoms with Crippen LogP contribution in [0.1, 0.15) is 45.7 Å². The van der Waals surface area contributed by atoms with E-state index in [2.05, 4.69) is 20.7 Å². The van der Waals surface area contributed by atoms with E-state index < -0.39 is 39.2 Å². The summed E-state index contributed by atoms with van der Waals surface area (Å²) in [5.74, 6) is -0.906. The van der Waals surface area contributed by atoms with E-state index in [1.165, 1.54) is 33.5 Å². The van der Waals surface area contributed by atoms with Gasteiger partial charge in [0.05, 0.1) is 40.5 Å². The van der Waals surface area contributed by atoms with Crippen LogP contribution in [0.15, 0.2) is 16.6 Å². The molecule has 1 unspecified atom stereocenters. The zero-order chi connectivity index (χ0) is 21.0. The molecule has 0 aliphatic carbocycles. The molecule has 0 saturated heterocycles. The Hall–Kier alpha value is -1.03. The highest BCUT2D eigenvalue weighted by Gasteiger charge is 2.49. The molecule has 6 nitrogen and oxygen atoms in total. The summed E-state index contributed by atoms with van der Waals surface area (Å²) in [6.07, 6.45) is 0.190. The standard InChI is InChI=1S/C18H27BrFNO5S/c1-8-18(26-7,16(22)25-6)15(21-27(23)17(2,3)4)11-9-13(20)12(19)10-14(11)24-5/h9-10,15,21H,8H2,1-7H3/t15-,18?,27-/m0/s1. The molecule has 0 aromatic heterocycles. The lowest BCUT2D eigenvalue weighted by molar-refractivity contribution is -0.170. The molecule has 0 aliphatic rings. The number of ether oxygens (including phenoxy) is 3. The maximum absolute atomic E-state index is 14.3. The van der Waals surface area contributed by atoms with Gasteiger partial charge in [-0.05, 0) is 55.3 Å². The van der Waals surface area contributed by atoms with Crippen LogP contribution < -0.4 is 9.46 Å². The summed E-state index contributed by atoms with van der Waals surface area (Å²) in [4.78, 5) is 12.7. The van der Waals surface area contributed by atoms with E-state index >= 15 is 0 Å². The predicted octanol–water partition coefficient (Wildman–Crippen LogP) is 3.66. The molecule has 3 atom stereocenters. The van der Waals surface area contributed by atoms with Crippen molar-refractivity contribution in [1.29, 1.82) is 0 Å². The lowest BCUT2D eigenvalue weighted by Gasteiger charge is -2.38. The van der Waals surface area contributed by atoms with Gasteiger partial charge >= 0.3 is 5.97 Å². The second-order valence-corrected chi connectivity index (χ2v) is 9.73. The highest BCUT2D eigenvalue weighted by molar-refractivity contribution is 9.10. The number of esters is 1. The van der Waals surface area contributed by atoms with Crippen molar-refractivity contribution in [2.75, 3.05) is 21.3 Å². The molecule has 0 saturated carbocycles. The first kappa shape index (κ1) is 24.0. The largest absolute Gasteiger partial charge is 0.496 e. The molecule has 0 radical (unpaired) electrons. The zero-order valence-electron chi connectivity index (χ0n) is 16.6. The first-order valence-corrected chi connectivity index (χ1v) is 10.3. The Morgan fingerprint density at radius 2 is 1.89 bits per heavy atom. The number of carbonyl (C=O) groups excluding carboxylic acids is 1. The molecule has 0 fully saturated rings. The molecule has 1 aromatic rings. The molecule has 1 aromatic carbocycles. The Kier molecular flexibility index (Phi) is 8.40. The van der Waals surface area contributed by atoms with Crippen molar-refractivity contribution in [3.63, 3.8) is 0 Å². The Labute approximate surface area is 170 Å². The number of benzene rings is 1. The molecular weight excluding hydrogens is 441 g/mol. The van der Waals surface area contributed by atoms with Crippen LogP contribution in [-0.4, -0.2) is 41.9 Å². The summed E-state index contributed by atoms with van der Waals surface area (Å²) < 4.78 is 45.6. The molecule has 27 heavy (non-hydrogen) atoms. The first-order chi connectivity index (χ1) is 12.5. The third kappa shape index (κ3) is 5.07. The van der Waals surface area contributed by atoms with Crippen molar-refractivity contribution in [3.05, 3.63) is 28.0 Å². The summed E-state index contributed by atoms with van der Waals surface area (Å²) in [5, 5.41) is 0. The van der Waals surface area contributed by atoms with Gasteiger partial charge < -0.3 is 14.2 Å². The number of rotatable bonds is 8. The summed E-state index contributed by atoms with van der Waals surface area (Å²) in [6, 6.07) is 1.69. The van der Waals surface area contributed by atoms with Gasteiger partial charge in [0.1, 0.15) is 11.6 Å². The highest BCUT2D eigenvalue weighted by Crippen LogP contribution is 2.40. The Morgan fingerprint density at radius 3 is 2.30 bits per heavy atom. The molecule has 0 heterocycles. The second-order valence-electron chi connectivity index (χ2n) is 6.88. The fourth-order valence-corrected chi connectivity index (χ4v) is 3.83. The number of hydrogen-bond donors (Lipinski definition) is 1. The summed E-state index contributed by atoms with van der Waals surface area (Å²) in [6.45, 7) is 7.08. The Bertz CT molecular complexity index is 704. The fraction of sp³-hybridized carbons (Fsp3) is 0.611. The van der Waals surface area contributed by atoms with E-state index in [-0.39, 0.29) is 10.9 Å². The van der Waals surface area contributed by atoms with Crippen LogP contribution in [0.4, 0.5) is 4.39 Å². The van der Waals surface area contributed by atoms with E-state index in [9.17, 15) is 13.4 Å². The van der Waals surface area contributed by atoms with Crippen molar-refractivity contribution in [2.24, 2.45) is 0 Å². The number of carbonyl (C=O) groups is 1. The Balaban J connectivity index is 3.72. The lowest BCUT2D eigenvalue weighted by Crippen LogP contribution is -2.53. The van der Waals surface area contributed by atoms with Crippen molar-refractivity contribution in [2.45, 2.75) is 50.5 Å². The van der Waals surface area contributed by atoms with E-state index in [0.29, 0.717) is 11.3 Å². The van der Waals surface area contributed by atoms with Gasteiger partial charge in [-0.3, -0.25) is 0 Å². The first-order valence-electron chi connectivity index (χ1n) is 8.33. The molecule has 154 valence electrons. The average molecular weight is 468 g/mol. The van der Waals surface area contributed by atoms with Gasteiger partial charge in [0.15, 0.2) is 5.60 Å². The highest BCUT2D eigenvalue weighted by atomic mass is 79.9. The minimum atomic E-state index is -1.59. The topological polar surface area (TPSA) is 73.9 Å². The molecule has 0 amide bonds. The maximum atomic E-state index is 14.3. The number of nitrogens with one attached hydrogen (secondary N) is 1. The third-order valence-corrected chi connectivity index (χ3v) is 6.42. The van der Waals surface area contributed by atoms with Crippen LogP contribution in [0.2, 0.25) is 0 Å². The van der Waals surface area contributed by atoms with Crippen LogP contribution in [0, 0.1) is 5.82 Å². The quantitative estimate of drug-likeness (QED) is 0.590. The van der Waals surface area contributed by atoms with E-state index in [0.717, 1.165) is 0 Å². The van der Waals surface area contributed by atoms with Gasteiger partial charge in [0, 0.05) is 12.7 Å². The molecule has 0 spiro atoms. The monoisotopic (exact) mass is 467 g/mol. The van der Waals surface area contributed by atoms with Gasteiger partial charge in [-0.1, -0.05) is 6.92 Å². The fourth-order valence-electron chi connectivity index (χ4n) is 2.62. The third-order valence-electron chi connectivity index (χ3n) is 4.25. The maximum Gasteiger partial charge on any atom is 0.340 e. The Morgan fingerprint density at radius 1 is 1.30 bits per heavy atom. The van der Waals surface area contributed by atoms with Crippen molar-refractivity contribution in [3.8, 4) is 5.75 Å². The van der Waals surface area contributed by atoms with Gasteiger partial charge in [0.2, 0.25) is 0 Å². The van der Waals surface area contributed by atoms with Crippen LogP contribution >= 0.6 is 15.9 Å².